The molecular formula is C12H18N4O3. The minimum Gasteiger partial charge on any atom is -0.480 e. The van der Waals surface area contributed by atoms with Gasteiger partial charge in [-0.2, -0.15) is 5.10 Å². The van der Waals surface area contributed by atoms with Gasteiger partial charge in [-0.05, 0) is 25.7 Å². The molecule has 1 saturated carbocycles. The summed E-state index contributed by atoms with van der Waals surface area (Å²) >= 11 is 0. The highest BCUT2D eigenvalue weighted by Crippen LogP contribution is 2.32. The van der Waals surface area contributed by atoms with E-state index in [1.807, 2.05) is 20.2 Å². The molecule has 2 amide bonds. The summed E-state index contributed by atoms with van der Waals surface area (Å²) in [5.41, 5.74) is 1.76. The van der Waals surface area contributed by atoms with Crippen molar-refractivity contribution in [1.82, 2.24) is 20.4 Å². The first-order chi connectivity index (χ1) is 8.97. The molecule has 3 N–H and O–H groups in total. The van der Waals surface area contributed by atoms with Crippen molar-refractivity contribution >= 4 is 12.0 Å². The summed E-state index contributed by atoms with van der Waals surface area (Å²) in [6, 6.07) is -1.24. The summed E-state index contributed by atoms with van der Waals surface area (Å²) in [5.74, 6) is -0.904. The lowest BCUT2D eigenvalue weighted by Crippen LogP contribution is -2.47. The fourth-order valence-electron chi connectivity index (χ4n) is 2.00. The molecule has 0 bridgehead atoms. The molecule has 1 unspecified atom stereocenters. The number of nitrogens with zero attached hydrogens (tertiary/aromatic N) is 2. The highest BCUT2D eigenvalue weighted by Gasteiger charge is 2.37. The van der Waals surface area contributed by atoms with Gasteiger partial charge in [-0.15, -0.1) is 0 Å². The van der Waals surface area contributed by atoms with E-state index in [9.17, 15) is 9.59 Å². The Balaban J connectivity index is 1.84. The maximum absolute atomic E-state index is 11.7. The molecule has 1 aromatic heterocycles. The number of hydrogen-bond acceptors (Lipinski definition) is 3. The van der Waals surface area contributed by atoms with E-state index >= 15 is 0 Å². The van der Waals surface area contributed by atoms with Crippen LogP contribution in [0.2, 0.25) is 0 Å². The molecule has 7 nitrogen and oxygen atoms in total. The number of amides is 2. The average molecular weight is 266 g/mol. The van der Waals surface area contributed by atoms with Gasteiger partial charge >= 0.3 is 12.0 Å². The maximum atomic E-state index is 11.7. The zero-order valence-electron chi connectivity index (χ0n) is 11.0. The number of aromatic nitrogens is 2. The van der Waals surface area contributed by atoms with E-state index in [4.69, 9.17) is 5.11 Å². The van der Waals surface area contributed by atoms with E-state index in [0.717, 1.165) is 24.1 Å². The highest BCUT2D eigenvalue weighted by molar-refractivity contribution is 5.83. The summed E-state index contributed by atoms with van der Waals surface area (Å²) in [7, 11) is 1.81. The third-order valence-electron chi connectivity index (χ3n) is 3.20. The molecule has 1 heterocycles. The van der Waals surface area contributed by atoms with E-state index in [0.29, 0.717) is 6.54 Å². The second-order valence-corrected chi connectivity index (χ2v) is 4.89. The van der Waals surface area contributed by atoms with Crippen LogP contribution in [-0.4, -0.2) is 32.9 Å². The fraction of sp³-hybridized carbons (Fsp3) is 0.583. The van der Waals surface area contributed by atoms with Crippen LogP contribution in [0.4, 0.5) is 4.79 Å². The number of aliphatic carboxylic acids is 1. The molecule has 1 aromatic rings. The molecule has 2 rings (SSSR count). The van der Waals surface area contributed by atoms with Crippen molar-refractivity contribution < 1.29 is 14.7 Å². The molecular weight excluding hydrogens is 248 g/mol. The molecule has 0 spiro atoms. The Hall–Kier alpha value is -2.05. The van der Waals surface area contributed by atoms with Crippen LogP contribution in [0.15, 0.2) is 6.20 Å². The molecule has 0 radical (unpaired) electrons. The molecule has 1 fully saturated rings. The van der Waals surface area contributed by atoms with E-state index in [2.05, 4.69) is 15.7 Å². The Labute approximate surface area is 111 Å². The van der Waals surface area contributed by atoms with E-state index < -0.39 is 18.0 Å². The Bertz CT molecular complexity index is 493. The van der Waals surface area contributed by atoms with Crippen molar-refractivity contribution in [2.45, 2.75) is 32.4 Å². The van der Waals surface area contributed by atoms with Crippen LogP contribution in [0, 0.1) is 12.8 Å². The van der Waals surface area contributed by atoms with Gasteiger partial charge < -0.3 is 15.7 Å². The van der Waals surface area contributed by atoms with Crippen LogP contribution < -0.4 is 10.6 Å². The van der Waals surface area contributed by atoms with Gasteiger partial charge in [-0.1, -0.05) is 0 Å². The molecule has 104 valence electrons. The zero-order chi connectivity index (χ0) is 14.0. The van der Waals surface area contributed by atoms with Crippen molar-refractivity contribution in [3.63, 3.8) is 0 Å². The van der Waals surface area contributed by atoms with E-state index in [1.54, 1.807) is 4.68 Å². The van der Waals surface area contributed by atoms with Gasteiger partial charge in [0.25, 0.3) is 0 Å². The number of carbonyl (C=O) groups is 2. The Morgan fingerprint density at radius 1 is 1.58 bits per heavy atom. The summed E-state index contributed by atoms with van der Waals surface area (Å²) in [6.07, 6.45) is 3.54. The summed E-state index contributed by atoms with van der Waals surface area (Å²) in [4.78, 5) is 22.7. The standard InChI is InChI=1S/C12H18N4O3/c1-7-9(6-16(2)15-7)5-13-12(19)14-10(11(17)18)8-3-4-8/h6,8,10H,3-5H2,1-2H3,(H,17,18)(H2,13,14,19). The lowest BCUT2D eigenvalue weighted by Gasteiger charge is -2.14. The predicted octanol–water partition coefficient (Wildman–Crippen LogP) is 0.391. The normalized spacial score (nSPS) is 15.9. The molecule has 7 heteroatoms. The lowest BCUT2D eigenvalue weighted by atomic mass is 10.2. The lowest BCUT2D eigenvalue weighted by molar-refractivity contribution is -0.139. The number of nitrogens with one attached hydrogen (secondary N) is 2. The second kappa shape index (κ2) is 5.29. The highest BCUT2D eigenvalue weighted by atomic mass is 16.4. The number of carboxylic acids is 1. The zero-order valence-corrected chi connectivity index (χ0v) is 11.0. The second-order valence-electron chi connectivity index (χ2n) is 4.89. The summed E-state index contributed by atoms with van der Waals surface area (Å²) in [6.45, 7) is 2.20. The number of aryl methyl sites for hydroxylation is 2. The van der Waals surface area contributed by atoms with Gasteiger partial charge in [0.05, 0.1) is 5.69 Å². The first-order valence-electron chi connectivity index (χ1n) is 6.23. The van der Waals surface area contributed by atoms with Crippen LogP contribution in [0.25, 0.3) is 0 Å². The van der Waals surface area contributed by atoms with E-state index in [1.165, 1.54) is 0 Å². The third kappa shape index (κ3) is 3.46. The van der Waals surface area contributed by atoms with Gasteiger partial charge in [0, 0.05) is 25.4 Å². The Kier molecular flexibility index (Phi) is 3.73. The molecule has 1 aliphatic carbocycles. The first kappa shape index (κ1) is 13.4. The minimum absolute atomic E-state index is 0.0726. The Morgan fingerprint density at radius 3 is 2.74 bits per heavy atom. The van der Waals surface area contributed by atoms with Crippen molar-refractivity contribution in [1.29, 1.82) is 0 Å². The monoisotopic (exact) mass is 266 g/mol. The van der Waals surface area contributed by atoms with Crippen molar-refractivity contribution in [3.8, 4) is 0 Å². The number of carbonyl (C=O) groups excluding carboxylic acids is 1. The molecule has 1 atom stereocenters. The quantitative estimate of drug-likeness (QED) is 0.718. The first-order valence-corrected chi connectivity index (χ1v) is 6.23. The van der Waals surface area contributed by atoms with Crippen LogP contribution in [0.1, 0.15) is 24.1 Å². The van der Waals surface area contributed by atoms with Crippen molar-refractivity contribution in [3.05, 3.63) is 17.5 Å². The average Bonchev–Trinajstić information content (AvgIpc) is 3.10. The molecule has 19 heavy (non-hydrogen) atoms. The number of urea groups is 1. The molecule has 0 aliphatic heterocycles. The maximum Gasteiger partial charge on any atom is 0.326 e. The van der Waals surface area contributed by atoms with Crippen LogP contribution in [0.3, 0.4) is 0 Å². The topological polar surface area (TPSA) is 96.3 Å². The third-order valence-corrected chi connectivity index (χ3v) is 3.20. The van der Waals surface area contributed by atoms with Gasteiger partial charge in [0.15, 0.2) is 0 Å². The molecule has 1 aliphatic rings. The van der Waals surface area contributed by atoms with Crippen LogP contribution >= 0.6 is 0 Å². The van der Waals surface area contributed by atoms with Gasteiger partial charge in [-0.3, -0.25) is 4.68 Å². The van der Waals surface area contributed by atoms with Crippen molar-refractivity contribution in [2.24, 2.45) is 13.0 Å². The van der Waals surface area contributed by atoms with Gasteiger partial charge in [-0.25, -0.2) is 9.59 Å². The molecule has 0 aromatic carbocycles. The van der Waals surface area contributed by atoms with E-state index in [-0.39, 0.29) is 5.92 Å². The predicted molar refractivity (Wildman–Crippen MR) is 67.5 cm³/mol. The Morgan fingerprint density at radius 2 is 2.26 bits per heavy atom. The smallest absolute Gasteiger partial charge is 0.326 e. The number of rotatable bonds is 5. The number of hydrogen-bond donors (Lipinski definition) is 3. The summed E-state index contributed by atoms with van der Waals surface area (Å²) < 4.78 is 1.68. The largest absolute Gasteiger partial charge is 0.480 e. The minimum atomic E-state index is -0.977. The number of carboxylic acid groups (broad SMARTS) is 1. The van der Waals surface area contributed by atoms with Crippen LogP contribution in [-0.2, 0) is 18.4 Å². The van der Waals surface area contributed by atoms with Crippen molar-refractivity contribution in [2.75, 3.05) is 0 Å². The summed E-state index contributed by atoms with van der Waals surface area (Å²) in [5, 5.41) is 18.3. The molecule has 0 saturated heterocycles. The van der Waals surface area contributed by atoms with Crippen LogP contribution in [0.5, 0.6) is 0 Å². The fourth-order valence-corrected chi connectivity index (χ4v) is 2.00. The van der Waals surface area contributed by atoms with Gasteiger partial charge in [0.1, 0.15) is 6.04 Å². The SMILES string of the molecule is Cc1nn(C)cc1CNC(=O)NC(C(=O)O)C1CC1. The van der Waals surface area contributed by atoms with Gasteiger partial charge in [0.2, 0.25) is 0 Å².